The van der Waals surface area contributed by atoms with Crippen molar-refractivity contribution >= 4 is 18.8 Å². The first-order chi connectivity index (χ1) is 4.68. The molecule has 0 atom stereocenters. The molecule has 0 amide bonds. The molecule has 4 heteroatoms. The zero-order valence-electron chi connectivity index (χ0n) is 7.00. The second-order valence-electron chi connectivity index (χ2n) is 2.40. The SMILES string of the molecule is CCCC[Si](Cl)(NC)NC. The summed E-state index contributed by atoms with van der Waals surface area (Å²) < 4.78 is 0. The molecule has 0 rings (SSSR count). The molecule has 0 aromatic rings. The van der Waals surface area contributed by atoms with E-state index >= 15 is 0 Å². The van der Waals surface area contributed by atoms with Crippen LogP contribution in [-0.2, 0) is 0 Å². The van der Waals surface area contributed by atoms with Crippen molar-refractivity contribution in [3.8, 4) is 0 Å². The van der Waals surface area contributed by atoms with Crippen molar-refractivity contribution < 1.29 is 0 Å². The summed E-state index contributed by atoms with van der Waals surface area (Å²) in [4.78, 5) is 6.31. The van der Waals surface area contributed by atoms with Crippen molar-refractivity contribution in [2.24, 2.45) is 0 Å². The molecule has 2 nitrogen and oxygen atoms in total. The largest absolute Gasteiger partial charge is 0.316 e. The number of rotatable bonds is 5. The Bertz CT molecular complexity index is 85.8. The minimum Gasteiger partial charge on any atom is -0.316 e. The van der Waals surface area contributed by atoms with Crippen LogP contribution in [0.5, 0.6) is 0 Å². The van der Waals surface area contributed by atoms with Crippen LogP contribution in [0.15, 0.2) is 0 Å². The smallest absolute Gasteiger partial charge is 0.301 e. The predicted molar refractivity (Wildman–Crippen MR) is 49.4 cm³/mol. The summed E-state index contributed by atoms with van der Waals surface area (Å²) in [6, 6.07) is 1.10. The lowest BCUT2D eigenvalue weighted by atomic mass is 10.4. The summed E-state index contributed by atoms with van der Waals surface area (Å²) in [6.45, 7) is 2.18. The lowest BCUT2D eigenvalue weighted by molar-refractivity contribution is 0.844. The van der Waals surface area contributed by atoms with E-state index in [1.54, 1.807) is 0 Å². The Balaban J connectivity index is 3.58. The van der Waals surface area contributed by atoms with Crippen molar-refractivity contribution in [2.75, 3.05) is 14.1 Å². The molecular weight excluding hydrogens is 164 g/mol. The molecule has 62 valence electrons. The zero-order valence-corrected chi connectivity index (χ0v) is 8.76. The van der Waals surface area contributed by atoms with Gasteiger partial charge in [0.25, 0.3) is 0 Å². The number of hydrogen-bond acceptors (Lipinski definition) is 2. The third-order valence-electron chi connectivity index (χ3n) is 1.67. The number of halogens is 1. The first-order valence-electron chi connectivity index (χ1n) is 3.75. The fourth-order valence-corrected chi connectivity index (χ4v) is 2.79. The standard InChI is InChI=1S/C6H17ClN2Si/c1-4-5-6-10(7,8-2)9-3/h8-9H,4-6H2,1-3H3. The summed E-state index contributed by atoms with van der Waals surface area (Å²) >= 11 is 6.20. The molecule has 0 spiro atoms. The number of hydrogen-bond donors (Lipinski definition) is 2. The summed E-state index contributed by atoms with van der Waals surface area (Å²) in [5.41, 5.74) is 0. The molecular formula is C6H17ClN2Si. The molecule has 0 fully saturated rings. The van der Waals surface area contributed by atoms with Gasteiger partial charge in [-0.2, -0.15) is 0 Å². The van der Waals surface area contributed by atoms with Crippen LogP contribution in [0.25, 0.3) is 0 Å². The molecule has 10 heavy (non-hydrogen) atoms. The van der Waals surface area contributed by atoms with Crippen LogP contribution in [0, 0.1) is 0 Å². The van der Waals surface area contributed by atoms with E-state index in [9.17, 15) is 0 Å². The highest BCUT2D eigenvalue weighted by atomic mass is 35.6. The maximum Gasteiger partial charge on any atom is 0.301 e. The molecule has 0 bridgehead atoms. The van der Waals surface area contributed by atoms with Gasteiger partial charge >= 0.3 is 7.71 Å². The Morgan fingerprint density at radius 1 is 1.30 bits per heavy atom. The van der Waals surface area contributed by atoms with E-state index in [1.807, 2.05) is 14.1 Å². The quantitative estimate of drug-likeness (QED) is 0.494. The summed E-state index contributed by atoms with van der Waals surface area (Å²) in [6.07, 6.45) is 2.42. The molecule has 0 aliphatic rings. The molecule has 2 N–H and O–H groups in total. The van der Waals surface area contributed by atoms with Gasteiger partial charge in [-0.1, -0.05) is 19.8 Å². The fourth-order valence-electron chi connectivity index (χ4n) is 0.795. The number of nitrogens with one attached hydrogen (secondary N) is 2. The normalized spacial score (nSPS) is 12.0. The van der Waals surface area contributed by atoms with Crippen LogP contribution >= 0.6 is 11.1 Å². The summed E-state index contributed by atoms with van der Waals surface area (Å²) in [5, 5.41) is 0. The van der Waals surface area contributed by atoms with Crippen LogP contribution < -0.4 is 9.96 Å². The molecule has 0 heterocycles. The maximum atomic E-state index is 6.20. The maximum absolute atomic E-state index is 6.20. The second kappa shape index (κ2) is 5.13. The van der Waals surface area contributed by atoms with Gasteiger partial charge in [-0.25, -0.2) is 0 Å². The van der Waals surface area contributed by atoms with E-state index in [2.05, 4.69) is 16.9 Å². The molecule has 0 unspecified atom stereocenters. The minimum atomic E-state index is -1.75. The van der Waals surface area contributed by atoms with Crippen molar-refractivity contribution in [1.29, 1.82) is 0 Å². The van der Waals surface area contributed by atoms with E-state index in [0.29, 0.717) is 0 Å². The lowest BCUT2D eigenvalue weighted by Crippen LogP contribution is -2.54. The molecule has 0 aliphatic carbocycles. The number of unbranched alkanes of at least 4 members (excludes halogenated alkanes) is 1. The Morgan fingerprint density at radius 3 is 2.10 bits per heavy atom. The van der Waals surface area contributed by atoms with Gasteiger partial charge in [0.05, 0.1) is 0 Å². The minimum absolute atomic E-state index is 1.10. The van der Waals surface area contributed by atoms with Gasteiger partial charge < -0.3 is 9.96 Å². The van der Waals surface area contributed by atoms with Crippen LogP contribution in [0.1, 0.15) is 19.8 Å². The fraction of sp³-hybridized carbons (Fsp3) is 1.00. The van der Waals surface area contributed by atoms with Gasteiger partial charge in [-0.3, -0.25) is 0 Å². The highest BCUT2D eigenvalue weighted by Gasteiger charge is 2.25. The van der Waals surface area contributed by atoms with Crippen LogP contribution in [0.3, 0.4) is 0 Å². The van der Waals surface area contributed by atoms with Crippen molar-refractivity contribution in [1.82, 2.24) is 9.96 Å². The molecule has 0 aromatic carbocycles. The molecule has 0 saturated heterocycles. The zero-order chi connectivity index (χ0) is 8.04. The molecule has 0 aromatic heterocycles. The summed E-state index contributed by atoms with van der Waals surface area (Å²) in [5.74, 6) is 0. The lowest BCUT2D eigenvalue weighted by Gasteiger charge is -2.21. The van der Waals surface area contributed by atoms with E-state index in [4.69, 9.17) is 11.1 Å². The Kier molecular flexibility index (Phi) is 5.35. The highest BCUT2D eigenvalue weighted by molar-refractivity contribution is 7.17. The van der Waals surface area contributed by atoms with Crippen LogP contribution in [0.4, 0.5) is 0 Å². The van der Waals surface area contributed by atoms with Gasteiger partial charge in [-0.15, -0.1) is 11.1 Å². The average Bonchev–Trinajstić information content (AvgIpc) is 2.00. The first-order valence-corrected chi connectivity index (χ1v) is 6.97. The third kappa shape index (κ3) is 3.56. The van der Waals surface area contributed by atoms with Crippen molar-refractivity contribution in [3.63, 3.8) is 0 Å². The average molecular weight is 181 g/mol. The van der Waals surface area contributed by atoms with E-state index < -0.39 is 7.71 Å². The van der Waals surface area contributed by atoms with E-state index in [0.717, 1.165) is 6.04 Å². The van der Waals surface area contributed by atoms with Gasteiger partial charge in [0.15, 0.2) is 0 Å². The highest BCUT2D eigenvalue weighted by Crippen LogP contribution is 2.10. The van der Waals surface area contributed by atoms with Crippen molar-refractivity contribution in [2.45, 2.75) is 25.8 Å². The Morgan fingerprint density at radius 2 is 1.80 bits per heavy atom. The second-order valence-corrected chi connectivity index (χ2v) is 7.44. The van der Waals surface area contributed by atoms with Crippen LogP contribution in [-0.4, -0.2) is 21.8 Å². The molecule has 0 saturated carbocycles. The monoisotopic (exact) mass is 180 g/mol. The predicted octanol–water partition coefficient (Wildman–Crippen LogP) is 1.40. The Labute approximate surface area is 69.2 Å². The van der Waals surface area contributed by atoms with Gasteiger partial charge in [0.1, 0.15) is 0 Å². The van der Waals surface area contributed by atoms with E-state index in [-0.39, 0.29) is 0 Å². The van der Waals surface area contributed by atoms with Gasteiger partial charge in [0.2, 0.25) is 0 Å². The molecule has 0 aliphatic heterocycles. The topological polar surface area (TPSA) is 24.1 Å². The van der Waals surface area contributed by atoms with Gasteiger partial charge in [0, 0.05) is 0 Å². The first kappa shape index (κ1) is 10.4. The summed E-state index contributed by atoms with van der Waals surface area (Å²) in [7, 11) is 2.10. The van der Waals surface area contributed by atoms with E-state index in [1.165, 1.54) is 12.8 Å². The van der Waals surface area contributed by atoms with Crippen LogP contribution in [0.2, 0.25) is 6.04 Å². The van der Waals surface area contributed by atoms with Crippen molar-refractivity contribution in [3.05, 3.63) is 0 Å². The Hall–Kier alpha value is 0.427. The third-order valence-corrected chi connectivity index (χ3v) is 6.00. The molecule has 0 radical (unpaired) electrons. The van der Waals surface area contributed by atoms with Gasteiger partial charge in [-0.05, 0) is 20.1 Å².